The van der Waals surface area contributed by atoms with E-state index in [0.717, 1.165) is 18.3 Å². The molecule has 0 saturated heterocycles. The average Bonchev–Trinajstić information content (AvgIpc) is 2.37. The summed E-state index contributed by atoms with van der Waals surface area (Å²) in [6, 6.07) is 0. The van der Waals surface area contributed by atoms with Crippen LogP contribution in [-0.4, -0.2) is 0 Å². The molecule has 114 valence electrons. The van der Waals surface area contributed by atoms with E-state index in [-0.39, 0.29) is 0 Å². The highest BCUT2D eigenvalue weighted by molar-refractivity contribution is 5.08. The van der Waals surface area contributed by atoms with E-state index >= 15 is 0 Å². The van der Waals surface area contributed by atoms with E-state index in [1.165, 1.54) is 44.1 Å². The third-order valence-electron chi connectivity index (χ3n) is 4.73. The molecule has 0 spiro atoms. The van der Waals surface area contributed by atoms with Crippen LogP contribution in [0.1, 0.15) is 79.6 Å². The molecule has 0 aromatic heterocycles. The lowest BCUT2D eigenvalue weighted by Crippen LogP contribution is -2.09. The Morgan fingerprint density at radius 3 is 1.85 bits per heavy atom. The Kier molecular flexibility index (Phi) is 7.95. The first-order chi connectivity index (χ1) is 9.49. The molecule has 0 fully saturated rings. The second-order valence-corrected chi connectivity index (χ2v) is 7.01. The summed E-state index contributed by atoms with van der Waals surface area (Å²) in [5.41, 5.74) is 4.70. The minimum atomic E-state index is 0.811. The van der Waals surface area contributed by atoms with Crippen molar-refractivity contribution in [3.63, 3.8) is 0 Å². The van der Waals surface area contributed by atoms with Crippen molar-refractivity contribution < 1.29 is 0 Å². The van der Waals surface area contributed by atoms with Crippen molar-refractivity contribution in [3.05, 3.63) is 34.9 Å². The fraction of sp³-hybridized carbons (Fsp3) is 0.700. The Balaban J connectivity index is 2.74. The summed E-state index contributed by atoms with van der Waals surface area (Å²) in [7, 11) is 0. The van der Waals surface area contributed by atoms with Crippen molar-refractivity contribution in [2.75, 3.05) is 0 Å². The van der Waals surface area contributed by atoms with Crippen LogP contribution in [0.2, 0.25) is 0 Å². The maximum absolute atomic E-state index is 2.46. The number of allylic oxidation sites excluding steroid dienone is 6. The molecule has 1 atom stereocenters. The molecule has 0 saturated carbocycles. The molecule has 20 heavy (non-hydrogen) atoms. The third-order valence-corrected chi connectivity index (χ3v) is 4.73. The largest absolute Gasteiger partial charge is 0.0853 e. The van der Waals surface area contributed by atoms with Crippen LogP contribution in [0.25, 0.3) is 0 Å². The topological polar surface area (TPSA) is 0 Å². The summed E-state index contributed by atoms with van der Waals surface area (Å²) >= 11 is 0. The van der Waals surface area contributed by atoms with Crippen LogP contribution in [0.4, 0.5) is 0 Å². The fourth-order valence-corrected chi connectivity index (χ4v) is 2.95. The van der Waals surface area contributed by atoms with Gasteiger partial charge in [-0.3, -0.25) is 0 Å². The standard InChI is InChI=1S/C20H34/c1-16(2)20-14-12-18(4)10-6-8-17(3)9-7-11-19(5)13-15-20/h8,10-11,16,20H,6-7,9,12-15H2,1-5H3/b17-8-,18-10-,19-11-/t20-/m0/s1. The van der Waals surface area contributed by atoms with Gasteiger partial charge < -0.3 is 0 Å². The van der Waals surface area contributed by atoms with Gasteiger partial charge in [-0.15, -0.1) is 0 Å². The molecule has 1 aliphatic rings. The van der Waals surface area contributed by atoms with Gasteiger partial charge in [0.2, 0.25) is 0 Å². The van der Waals surface area contributed by atoms with E-state index in [1.807, 2.05) is 0 Å². The van der Waals surface area contributed by atoms with Gasteiger partial charge in [-0.1, -0.05) is 48.8 Å². The van der Waals surface area contributed by atoms with Gasteiger partial charge in [0.05, 0.1) is 0 Å². The SMILES string of the molecule is C/C1=C/C/C=C(/C)CC[C@H](C(C)C)CC/C(C)=C\CC1. The quantitative estimate of drug-likeness (QED) is 0.459. The summed E-state index contributed by atoms with van der Waals surface area (Å²) in [6.45, 7) is 11.7. The monoisotopic (exact) mass is 274 g/mol. The van der Waals surface area contributed by atoms with Crippen molar-refractivity contribution in [2.24, 2.45) is 11.8 Å². The molecule has 1 rings (SSSR count). The van der Waals surface area contributed by atoms with Gasteiger partial charge in [0.25, 0.3) is 0 Å². The molecule has 0 heterocycles. The van der Waals surface area contributed by atoms with Crippen molar-refractivity contribution >= 4 is 0 Å². The van der Waals surface area contributed by atoms with E-state index in [1.54, 1.807) is 11.1 Å². The van der Waals surface area contributed by atoms with Gasteiger partial charge in [-0.2, -0.15) is 0 Å². The molecule has 0 nitrogen and oxygen atoms in total. The summed E-state index contributed by atoms with van der Waals surface area (Å²) in [5, 5.41) is 0. The Morgan fingerprint density at radius 1 is 0.800 bits per heavy atom. The maximum atomic E-state index is 2.46. The summed E-state index contributed by atoms with van der Waals surface area (Å²) in [6.07, 6.45) is 16.1. The van der Waals surface area contributed by atoms with Crippen molar-refractivity contribution in [2.45, 2.75) is 79.6 Å². The van der Waals surface area contributed by atoms with Crippen molar-refractivity contribution in [1.82, 2.24) is 0 Å². The van der Waals surface area contributed by atoms with E-state index < -0.39 is 0 Å². The predicted molar refractivity (Wildman–Crippen MR) is 91.9 cm³/mol. The van der Waals surface area contributed by atoms with Crippen LogP contribution in [0, 0.1) is 11.8 Å². The first kappa shape index (κ1) is 17.3. The normalized spacial score (nSPS) is 31.5. The van der Waals surface area contributed by atoms with Gasteiger partial charge >= 0.3 is 0 Å². The van der Waals surface area contributed by atoms with E-state index in [2.05, 4.69) is 52.8 Å². The summed E-state index contributed by atoms with van der Waals surface area (Å²) < 4.78 is 0. The van der Waals surface area contributed by atoms with Crippen LogP contribution in [0.3, 0.4) is 0 Å². The Hall–Kier alpha value is -0.780. The molecule has 0 unspecified atom stereocenters. The van der Waals surface area contributed by atoms with Crippen LogP contribution in [0.15, 0.2) is 34.9 Å². The van der Waals surface area contributed by atoms with Crippen LogP contribution in [-0.2, 0) is 0 Å². The zero-order valence-electron chi connectivity index (χ0n) is 14.3. The van der Waals surface area contributed by atoms with Crippen molar-refractivity contribution in [3.8, 4) is 0 Å². The highest BCUT2D eigenvalue weighted by Gasteiger charge is 2.13. The average molecular weight is 274 g/mol. The van der Waals surface area contributed by atoms with E-state index in [0.29, 0.717) is 0 Å². The molecule has 0 bridgehead atoms. The lowest BCUT2D eigenvalue weighted by molar-refractivity contribution is 0.336. The molecule has 0 heteroatoms. The second-order valence-electron chi connectivity index (χ2n) is 7.01. The van der Waals surface area contributed by atoms with E-state index in [4.69, 9.17) is 0 Å². The van der Waals surface area contributed by atoms with Gasteiger partial charge in [0.1, 0.15) is 0 Å². The highest BCUT2D eigenvalue weighted by atomic mass is 14.2. The van der Waals surface area contributed by atoms with Crippen LogP contribution < -0.4 is 0 Å². The van der Waals surface area contributed by atoms with Crippen molar-refractivity contribution in [1.29, 1.82) is 0 Å². The zero-order valence-corrected chi connectivity index (χ0v) is 14.3. The fourth-order valence-electron chi connectivity index (χ4n) is 2.95. The highest BCUT2D eigenvalue weighted by Crippen LogP contribution is 2.27. The molecule has 0 aromatic carbocycles. The minimum absolute atomic E-state index is 0.811. The molecule has 0 aliphatic heterocycles. The summed E-state index contributed by atoms with van der Waals surface area (Å²) in [4.78, 5) is 0. The van der Waals surface area contributed by atoms with Crippen LogP contribution >= 0.6 is 0 Å². The zero-order chi connectivity index (χ0) is 15.0. The third kappa shape index (κ3) is 7.12. The molecule has 0 radical (unpaired) electrons. The van der Waals surface area contributed by atoms with Crippen LogP contribution in [0.5, 0.6) is 0 Å². The Labute approximate surface area is 127 Å². The maximum Gasteiger partial charge on any atom is -0.0164 e. The molecule has 0 aromatic rings. The van der Waals surface area contributed by atoms with Gasteiger partial charge in [0.15, 0.2) is 0 Å². The number of hydrogen-bond acceptors (Lipinski definition) is 0. The minimum Gasteiger partial charge on any atom is -0.0853 e. The smallest absolute Gasteiger partial charge is 0.0164 e. The first-order valence-electron chi connectivity index (χ1n) is 8.46. The second kappa shape index (κ2) is 9.21. The predicted octanol–water partition coefficient (Wildman–Crippen LogP) is 6.84. The molecular weight excluding hydrogens is 240 g/mol. The summed E-state index contributed by atoms with van der Waals surface area (Å²) in [5.74, 6) is 1.69. The Bertz CT molecular complexity index is 365. The van der Waals surface area contributed by atoms with Gasteiger partial charge in [0, 0.05) is 0 Å². The first-order valence-corrected chi connectivity index (χ1v) is 8.46. The Morgan fingerprint density at radius 2 is 1.30 bits per heavy atom. The van der Waals surface area contributed by atoms with E-state index in [9.17, 15) is 0 Å². The molecular formula is C20H34. The molecule has 0 N–H and O–H groups in total. The van der Waals surface area contributed by atoms with Gasteiger partial charge in [-0.05, 0) is 77.6 Å². The number of rotatable bonds is 1. The molecule has 1 aliphatic carbocycles. The lowest BCUT2D eigenvalue weighted by atomic mass is 9.85. The lowest BCUT2D eigenvalue weighted by Gasteiger charge is -2.21. The molecule has 0 amide bonds. The number of hydrogen-bond donors (Lipinski definition) is 0. The van der Waals surface area contributed by atoms with Gasteiger partial charge in [-0.25, -0.2) is 0 Å².